The van der Waals surface area contributed by atoms with Crippen LogP contribution in [-0.2, 0) is 10.3 Å². The van der Waals surface area contributed by atoms with E-state index in [9.17, 15) is 4.79 Å². The van der Waals surface area contributed by atoms with E-state index in [4.69, 9.17) is 11.5 Å². The van der Waals surface area contributed by atoms with Crippen LogP contribution in [0.5, 0.6) is 0 Å². The summed E-state index contributed by atoms with van der Waals surface area (Å²) in [5, 5.41) is 0. The van der Waals surface area contributed by atoms with Crippen LogP contribution in [0.2, 0.25) is 0 Å². The minimum Gasteiger partial charge on any atom is -0.368 e. The van der Waals surface area contributed by atoms with Gasteiger partial charge in [0.05, 0.1) is 0 Å². The van der Waals surface area contributed by atoms with Crippen LogP contribution in [0.25, 0.3) is 0 Å². The largest absolute Gasteiger partial charge is 0.368 e. The maximum atomic E-state index is 11.8. The van der Waals surface area contributed by atoms with Crippen molar-refractivity contribution >= 4 is 5.91 Å². The highest BCUT2D eigenvalue weighted by Gasteiger charge is 2.35. The smallest absolute Gasteiger partial charge is 0.243 e. The van der Waals surface area contributed by atoms with Gasteiger partial charge in [-0.25, -0.2) is 0 Å². The monoisotopic (exact) mass is 263 g/mol. The summed E-state index contributed by atoms with van der Waals surface area (Å²) in [7, 11) is 0. The van der Waals surface area contributed by atoms with Gasteiger partial charge in [-0.05, 0) is 31.5 Å². The van der Waals surface area contributed by atoms with Crippen LogP contribution in [0.4, 0.5) is 0 Å². The second-order valence-corrected chi connectivity index (χ2v) is 4.98. The second kappa shape index (κ2) is 7.26. The number of amides is 1. The SMILES string of the molecule is CCCN(CCC)CC(N)(C(N)=O)c1ccccc1. The molecule has 19 heavy (non-hydrogen) atoms. The molecule has 0 aromatic heterocycles. The summed E-state index contributed by atoms with van der Waals surface area (Å²) in [6.07, 6.45) is 2.06. The Bertz CT molecular complexity index is 388. The second-order valence-electron chi connectivity index (χ2n) is 4.98. The van der Waals surface area contributed by atoms with Gasteiger partial charge in [0.2, 0.25) is 5.91 Å². The Labute approximate surface area is 115 Å². The third-order valence-corrected chi connectivity index (χ3v) is 3.28. The molecular weight excluding hydrogens is 238 g/mol. The first-order valence-corrected chi connectivity index (χ1v) is 6.91. The predicted molar refractivity (Wildman–Crippen MR) is 78.5 cm³/mol. The number of nitrogens with two attached hydrogens (primary N) is 2. The Balaban J connectivity index is 2.96. The molecular formula is C15H25N3O. The summed E-state index contributed by atoms with van der Waals surface area (Å²) in [6, 6.07) is 9.39. The van der Waals surface area contributed by atoms with Crippen LogP contribution >= 0.6 is 0 Å². The normalized spacial score (nSPS) is 14.3. The van der Waals surface area contributed by atoms with Crippen molar-refractivity contribution in [1.29, 1.82) is 0 Å². The maximum Gasteiger partial charge on any atom is 0.243 e. The molecule has 0 radical (unpaired) electrons. The molecule has 1 amide bonds. The van der Waals surface area contributed by atoms with Gasteiger partial charge in [0.1, 0.15) is 5.54 Å². The van der Waals surface area contributed by atoms with Crippen molar-refractivity contribution in [2.24, 2.45) is 11.5 Å². The van der Waals surface area contributed by atoms with E-state index >= 15 is 0 Å². The third-order valence-electron chi connectivity index (χ3n) is 3.28. The highest BCUT2D eigenvalue weighted by molar-refractivity contribution is 5.86. The molecule has 1 rings (SSSR count). The van der Waals surface area contributed by atoms with Crippen molar-refractivity contribution in [2.75, 3.05) is 19.6 Å². The molecule has 0 aliphatic rings. The average molecular weight is 263 g/mol. The first-order chi connectivity index (χ1) is 9.04. The number of hydrogen-bond acceptors (Lipinski definition) is 3. The number of rotatable bonds is 8. The fourth-order valence-corrected chi connectivity index (χ4v) is 2.30. The molecule has 1 aromatic carbocycles. The van der Waals surface area contributed by atoms with Gasteiger partial charge in [0, 0.05) is 6.54 Å². The molecule has 1 atom stereocenters. The molecule has 0 heterocycles. The topological polar surface area (TPSA) is 72.3 Å². The van der Waals surface area contributed by atoms with E-state index in [1.165, 1.54) is 0 Å². The molecule has 106 valence electrons. The molecule has 1 aromatic rings. The molecule has 4 nitrogen and oxygen atoms in total. The van der Waals surface area contributed by atoms with Crippen molar-refractivity contribution in [3.05, 3.63) is 35.9 Å². The predicted octanol–water partition coefficient (Wildman–Crippen LogP) is 1.45. The van der Waals surface area contributed by atoms with Crippen molar-refractivity contribution in [2.45, 2.75) is 32.2 Å². The molecule has 0 saturated heterocycles. The Morgan fingerprint density at radius 1 is 1.16 bits per heavy atom. The van der Waals surface area contributed by atoms with Crippen LogP contribution in [0.1, 0.15) is 32.3 Å². The van der Waals surface area contributed by atoms with Gasteiger partial charge in [-0.15, -0.1) is 0 Å². The van der Waals surface area contributed by atoms with Crippen LogP contribution in [0.3, 0.4) is 0 Å². The first-order valence-electron chi connectivity index (χ1n) is 6.91. The van der Waals surface area contributed by atoms with Crippen LogP contribution in [0, 0.1) is 0 Å². The van der Waals surface area contributed by atoms with E-state index in [-0.39, 0.29) is 0 Å². The van der Waals surface area contributed by atoms with Crippen molar-refractivity contribution in [1.82, 2.24) is 4.90 Å². The minimum absolute atomic E-state index is 0.466. The number of carbonyl (C=O) groups excluding carboxylic acids is 1. The van der Waals surface area contributed by atoms with E-state index in [0.717, 1.165) is 31.5 Å². The van der Waals surface area contributed by atoms with Gasteiger partial charge >= 0.3 is 0 Å². The zero-order valence-electron chi connectivity index (χ0n) is 11.9. The first kappa shape index (κ1) is 15.7. The van der Waals surface area contributed by atoms with Crippen LogP contribution in [0.15, 0.2) is 30.3 Å². The van der Waals surface area contributed by atoms with Crippen LogP contribution in [-0.4, -0.2) is 30.4 Å². The fourth-order valence-electron chi connectivity index (χ4n) is 2.30. The summed E-state index contributed by atoms with van der Waals surface area (Å²) in [6.45, 7) is 6.55. The Kier molecular flexibility index (Phi) is 5.99. The molecule has 0 bridgehead atoms. The zero-order chi connectivity index (χ0) is 14.3. The molecule has 0 aliphatic heterocycles. The molecule has 4 heteroatoms. The van der Waals surface area contributed by atoms with Gasteiger partial charge in [-0.1, -0.05) is 44.2 Å². The standard InChI is InChI=1S/C15H25N3O/c1-3-10-18(11-4-2)12-15(17,14(16)19)13-8-6-5-7-9-13/h5-9H,3-4,10-12,17H2,1-2H3,(H2,16,19). The van der Waals surface area contributed by atoms with Gasteiger partial charge in [0.15, 0.2) is 0 Å². The van der Waals surface area contributed by atoms with Crippen molar-refractivity contribution in [3.63, 3.8) is 0 Å². The Morgan fingerprint density at radius 3 is 2.11 bits per heavy atom. The van der Waals surface area contributed by atoms with Crippen LogP contribution < -0.4 is 11.5 Å². The number of nitrogens with zero attached hydrogens (tertiary/aromatic N) is 1. The van der Waals surface area contributed by atoms with Gasteiger partial charge in [-0.3, -0.25) is 4.79 Å². The zero-order valence-corrected chi connectivity index (χ0v) is 11.9. The number of hydrogen-bond donors (Lipinski definition) is 2. The van der Waals surface area contributed by atoms with E-state index < -0.39 is 11.4 Å². The van der Waals surface area contributed by atoms with E-state index in [1.54, 1.807) is 0 Å². The minimum atomic E-state index is -1.12. The van der Waals surface area contributed by atoms with Gasteiger partial charge < -0.3 is 16.4 Å². The van der Waals surface area contributed by atoms with E-state index in [0.29, 0.717) is 6.54 Å². The third kappa shape index (κ3) is 4.04. The lowest BCUT2D eigenvalue weighted by Gasteiger charge is -2.33. The fraction of sp³-hybridized carbons (Fsp3) is 0.533. The summed E-state index contributed by atoms with van der Waals surface area (Å²) in [5.74, 6) is -0.476. The maximum absolute atomic E-state index is 11.8. The van der Waals surface area contributed by atoms with E-state index in [2.05, 4.69) is 18.7 Å². The van der Waals surface area contributed by atoms with Crippen molar-refractivity contribution < 1.29 is 4.79 Å². The van der Waals surface area contributed by atoms with E-state index in [1.807, 2.05) is 30.3 Å². The average Bonchev–Trinajstić information content (AvgIpc) is 2.40. The highest BCUT2D eigenvalue weighted by atomic mass is 16.1. The lowest BCUT2D eigenvalue weighted by molar-refractivity contribution is -0.124. The summed E-state index contributed by atoms with van der Waals surface area (Å²) in [5.41, 5.74) is 11.5. The Morgan fingerprint density at radius 2 is 1.68 bits per heavy atom. The lowest BCUT2D eigenvalue weighted by Crippen LogP contribution is -2.56. The van der Waals surface area contributed by atoms with Crippen molar-refractivity contribution in [3.8, 4) is 0 Å². The molecule has 0 fully saturated rings. The summed E-state index contributed by atoms with van der Waals surface area (Å²) < 4.78 is 0. The molecule has 4 N–H and O–H groups in total. The summed E-state index contributed by atoms with van der Waals surface area (Å²) in [4.78, 5) is 14.0. The summed E-state index contributed by atoms with van der Waals surface area (Å²) >= 11 is 0. The molecule has 0 spiro atoms. The lowest BCUT2D eigenvalue weighted by atomic mass is 9.89. The quantitative estimate of drug-likeness (QED) is 0.745. The molecule has 1 unspecified atom stereocenters. The number of carbonyl (C=O) groups is 1. The van der Waals surface area contributed by atoms with Gasteiger partial charge in [-0.2, -0.15) is 0 Å². The Hall–Kier alpha value is -1.39. The number of primary amides is 1. The molecule has 0 saturated carbocycles. The van der Waals surface area contributed by atoms with Gasteiger partial charge in [0.25, 0.3) is 0 Å². The number of benzene rings is 1. The highest BCUT2D eigenvalue weighted by Crippen LogP contribution is 2.19. The molecule has 0 aliphatic carbocycles.